The van der Waals surface area contributed by atoms with Crippen molar-refractivity contribution in [1.82, 2.24) is 0 Å². The molecule has 0 saturated carbocycles. The molecule has 1 aromatic carbocycles. The first-order valence-corrected chi connectivity index (χ1v) is 4.17. The molecule has 0 aromatic heterocycles. The number of anilines is 2. The fourth-order valence-corrected chi connectivity index (χ4v) is 1.05. The molecule has 0 atom stereocenters. The van der Waals surface area contributed by atoms with Crippen LogP contribution < -0.4 is 16.1 Å². The van der Waals surface area contributed by atoms with E-state index in [2.05, 4.69) is 5.32 Å². The van der Waals surface area contributed by atoms with Gasteiger partial charge in [0.2, 0.25) is 5.91 Å². The lowest BCUT2D eigenvalue weighted by atomic mass is 10.2. The van der Waals surface area contributed by atoms with Crippen molar-refractivity contribution >= 4 is 23.3 Å². The number of carbonyl (C=O) groups excluding carboxylic acids is 2. The molecule has 0 saturated heterocycles. The first-order chi connectivity index (χ1) is 7.00. The highest BCUT2D eigenvalue weighted by molar-refractivity contribution is 5.91. The lowest BCUT2D eigenvalue weighted by molar-refractivity contribution is -0.114. The number of urea groups is 1. The lowest BCUT2D eigenvalue weighted by Gasteiger charge is -2.12. The van der Waals surface area contributed by atoms with Crippen molar-refractivity contribution in [2.24, 2.45) is 5.73 Å². The van der Waals surface area contributed by atoms with Gasteiger partial charge in [-0.15, -0.1) is 0 Å². The van der Waals surface area contributed by atoms with Crippen LogP contribution in [0.3, 0.4) is 0 Å². The Bertz CT molecular complexity index is 392. The number of nitrogens with two attached hydrogens (primary N) is 1. The average molecular weight is 209 g/mol. The Morgan fingerprint density at radius 3 is 2.67 bits per heavy atom. The fourth-order valence-electron chi connectivity index (χ4n) is 1.05. The second-order valence-electron chi connectivity index (χ2n) is 2.88. The summed E-state index contributed by atoms with van der Waals surface area (Å²) in [7, 11) is 0. The molecular weight excluding hydrogens is 198 g/mol. The maximum absolute atomic E-state index is 10.7. The number of amides is 3. The zero-order valence-electron chi connectivity index (χ0n) is 8.10. The predicted molar refractivity (Wildman–Crippen MR) is 54.6 cm³/mol. The summed E-state index contributed by atoms with van der Waals surface area (Å²) < 4.78 is 0. The van der Waals surface area contributed by atoms with Gasteiger partial charge in [-0.05, 0) is 18.2 Å². The van der Waals surface area contributed by atoms with Crippen LogP contribution in [0.1, 0.15) is 6.92 Å². The Balaban J connectivity index is 2.92. The fraction of sp³-hybridized carbons (Fsp3) is 0.111. The van der Waals surface area contributed by atoms with E-state index in [9.17, 15) is 14.8 Å². The van der Waals surface area contributed by atoms with Crippen LogP contribution in [0, 0.1) is 0 Å². The van der Waals surface area contributed by atoms with Crippen LogP contribution >= 0.6 is 0 Å². The Morgan fingerprint density at radius 2 is 2.13 bits per heavy atom. The third-order valence-corrected chi connectivity index (χ3v) is 1.62. The monoisotopic (exact) mass is 209 g/mol. The molecule has 0 unspecified atom stereocenters. The summed E-state index contributed by atoms with van der Waals surface area (Å²) in [4.78, 5) is 21.4. The maximum atomic E-state index is 10.7. The Hall–Kier alpha value is -2.08. The van der Waals surface area contributed by atoms with Crippen LogP contribution in [0.15, 0.2) is 24.3 Å². The number of nitrogens with one attached hydrogen (secondary N) is 1. The van der Waals surface area contributed by atoms with E-state index >= 15 is 0 Å². The van der Waals surface area contributed by atoms with Crippen LogP contribution in [-0.2, 0) is 4.79 Å². The second-order valence-corrected chi connectivity index (χ2v) is 2.88. The minimum Gasteiger partial charge on any atom is -0.349 e. The molecule has 0 heterocycles. The Kier molecular flexibility index (Phi) is 3.25. The number of hydroxylamine groups is 1. The largest absolute Gasteiger partial charge is 0.349 e. The normalized spacial score (nSPS) is 9.47. The van der Waals surface area contributed by atoms with Crippen molar-refractivity contribution in [1.29, 1.82) is 0 Å². The van der Waals surface area contributed by atoms with Gasteiger partial charge in [0.05, 0.1) is 5.69 Å². The minimum absolute atomic E-state index is 0.189. The number of hydrogen-bond acceptors (Lipinski definition) is 3. The van der Waals surface area contributed by atoms with Crippen LogP contribution in [0.4, 0.5) is 16.2 Å². The van der Waals surface area contributed by atoms with Crippen molar-refractivity contribution < 1.29 is 14.8 Å². The summed E-state index contributed by atoms with van der Waals surface area (Å²) >= 11 is 0. The average Bonchev–Trinajstić information content (AvgIpc) is 2.16. The van der Waals surface area contributed by atoms with E-state index in [1.165, 1.54) is 19.1 Å². The van der Waals surface area contributed by atoms with E-state index in [1.807, 2.05) is 0 Å². The molecule has 6 heteroatoms. The summed E-state index contributed by atoms with van der Waals surface area (Å²) in [6, 6.07) is 5.12. The van der Waals surface area contributed by atoms with Crippen LogP contribution in [-0.4, -0.2) is 17.1 Å². The number of hydrogen-bond donors (Lipinski definition) is 3. The number of rotatable bonds is 2. The van der Waals surface area contributed by atoms with Gasteiger partial charge in [-0.1, -0.05) is 6.07 Å². The maximum Gasteiger partial charge on any atom is 0.343 e. The summed E-state index contributed by atoms with van der Waals surface area (Å²) in [5.74, 6) is -0.240. The lowest BCUT2D eigenvalue weighted by Crippen LogP contribution is -2.32. The zero-order valence-corrected chi connectivity index (χ0v) is 8.10. The number of carbonyl (C=O) groups is 2. The quantitative estimate of drug-likeness (QED) is 0.499. The summed E-state index contributed by atoms with van der Waals surface area (Å²) in [6.07, 6.45) is 0. The van der Waals surface area contributed by atoms with Crippen molar-refractivity contribution in [2.75, 3.05) is 10.4 Å². The second kappa shape index (κ2) is 4.43. The molecule has 4 N–H and O–H groups in total. The molecule has 0 spiro atoms. The smallest absolute Gasteiger partial charge is 0.343 e. The molecule has 0 aliphatic heterocycles. The summed E-state index contributed by atoms with van der Waals surface area (Å²) in [6.45, 7) is 1.36. The van der Waals surface area contributed by atoms with Gasteiger partial charge in [0.15, 0.2) is 0 Å². The molecule has 0 aliphatic rings. The van der Waals surface area contributed by atoms with Crippen molar-refractivity contribution in [3.63, 3.8) is 0 Å². The molecule has 1 aromatic rings. The number of benzene rings is 1. The van der Waals surface area contributed by atoms with Gasteiger partial charge in [0.25, 0.3) is 0 Å². The zero-order chi connectivity index (χ0) is 11.4. The van der Waals surface area contributed by atoms with E-state index in [4.69, 9.17) is 5.73 Å². The van der Waals surface area contributed by atoms with Crippen LogP contribution in [0.5, 0.6) is 0 Å². The van der Waals surface area contributed by atoms with E-state index in [-0.39, 0.29) is 11.6 Å². The van der Waals surface area contributed by atoms with Gasteiger partial charge in [-0.2, -0.15) is 5.06 Å². The number of primary amides is 1. The molecule has 15 heavy (non-hydrogen) atoms. The van der Waals surface area contributed by atoms with Crippen molar-refractivity contribution in [3.8, 4) is 0 Å². The molecule has 80 valence electrons. The van der Waals surface area contributed by atoms with Gasteiger partial charge in [-0.3, -0.25) is 10.0 Å². The first-order valence-electron chi connectivity index (χ1n) is 4.17. The molecule has 0 radical (unpaired) electrons. The highest BCUT2D eigenvalue weighted by atomic mass is 16.5. The molecule has 0 aliphatic carbocycles. The Labute approximate surface area is 86.2 Å². The predicted octanol–water partition coefficient (Wildman–Crippen LogP) is 0.919. The molecule has 1 rings (SSSR count). The van der Waals surface area contributed by atoms with E-state index in [0.717, 1.165) is 0 Å². The first kappa shape index (κ1) is 11.0. The van der Waals surface area contributed by atoms with Crippen LogP contribution in [0.2, 0.25) is 0 Å². The molecule has 3 amide bonds. The van der Waals surface area contributed by atoms with E-state index in [1.54, 1.807) is 12.1 Å². The van der Waals surface area contributed by atoms with Gasteiger partial charge < -0.3 is 11.1 Å². The van der Waals surface area contributed by atoms with Gasteiger partial charge >= 0.3 is 6.03 Å². The summed E-state index contributed by atoms with van der Waals surface area (Å²) in [5, 5.41) is 12.0. The minimum atomic E-state index is -0.991. The third-order valence-electron chi connectivity index (χ3n) is 1.62. The van der Waals surface area contributed by atoms with Crippen molar-refractivity contribution in [3.05, 3.63) is 24.3 Å². The third kappa shape index (κ3) is 2.96. The SMILES string of the molecule is CC(=O)Nc1cccc(N(O)C(N)=O)c1. The van der Waals surface area contributed by atoms with Crippen molar-refractivity contribution in [2.45, 2.75) is 6.92 Å². The van der Waals surface area contributed by atoms with Gasteiger partial charge in [-0.25, -0.2) is 4.79 Å². The Morgan fingerprint density at radius 1 is 1.47 bits per heavy atom. The van der Waals surface area contributed by atoms with Gasteiger partial charge in [0.1, 0.15) is 0 Å². The summed E-state index contributed by atoms with van der Waals surface area (Å²) in [5.41, 5.74) is 5.53. The van der Waals surface area contributed by atoms with Crippen LogP contribution in [0.25, 0.3) is 0 Å². The van der Waals surface area contributed by atoms with E-state index < -0.39 is 6.03 Å². The molecule has 0 bridgehead atoms. The number of nitrogens with zero attached hydrogens (tertiary/aromatic N) is 1. The topological polar surface area (TPSA) is 95.7 Å². The highest BCUT2D eigenvalue weighted by Gasteiger charge is 2.09. The highest BCUT2D eigenvalue weighted by Crippen LogP contribution is 2.17. The standard InChI is InChI=1S/C9H11N3O3/c1-6(13)11-7-3-2-4-8(5-7)12(15)9(10)14/h2-5,15H,1H3,(H2,10,14)(H,11,13). The van der Waals surface area contributed by atoms with Gasteiger partial charge in [0, 0.05) is 12.6 Å². The molecular formula is C9H11N3O3. The molecule has 6 nitrogen and oxygen atoms in total. The molecule has 0 fully saturated rings. The van der Waals surface area contributed by atoms with E-state index in [0.29, 0.717) is 10.8 Å².